The maximum Gasteiger partial charge on any atom is 0.308 e. The van der Waals surface area contributed by atoms with Gasteiger partial charge in [0.25, 0.3) is 0 Å². The first-order valence-electron chi connectivity index (χ1n) is 10.1. The van der Waals surface area contributed by atoms with Crippen molar-refractivity contribution in [1.82, 2.24) is 4.90 Å². The van der Waals surface area contributed by atoms with Gasteiger partial charge in [-0.25, -0.2) is 0 Å². The molecule has 0 saturated heterocycles. The van der Waals surface area contributed by atoms with Crippen molar-refractivity contribution in [2.45, 2.75) is 39.7 Å². The van der Waals surface area contributed by atoms with Crippen LogP contribution in [-0.2, 0) is 21.5 Å². The Morgan fingerprint density at radius 2 is 1.76 bits per heavy atom. The van der Waals surface area contributed by atoms with E-state index in [0.29, 0.717) is 30.7 Å². The second-order valence-electron chi connectivity index (χ2n) is 8.05. The monoisotopic (exact) mass is 415 g/mol. The van der Waals surface area contributed by atoms with Gasteiger partial charge in [0.1, 0.15) is 5.75 Å². The fraction of sp³-hybridized carbons (Fsp3) is 0.435. The molecule has 1 amide bonds. The lowest BCUT2D eigenvalue weighted by Crippen LogP contribution is -2.35. The molecule has 29 heavy (non-hydrogen) atoms. The van der Waals surface area contributed by atoms with Crippen molar-refractivity contribution in [3.05, 3.63) is 65.7 Å². The molecular formula is C23H29NO4S. The Bertz CT molecular complexity index is 923. The zero-order valence-corrected chi connectivity index (χ0v) is 18.1. The van der Waals surface area contributed by atoms with E-state index >= 15 is 0 Å². The fourth-order valence-corrected chi connectivity index (χ4v) is 4.04. The summed E-state index contributed by atoms with van der Waals surface area (Å²) < 4.78 is 28.2. The number of amides is 1. The Morgan fingerprint density at radius 1 is 1.10 bits per heavy atom. The molecule has 0 aromatic heterocycles. The third-order valence-corrected chi connectivity index (χ3v) is 6.26. The van der Waals surface area contributed by atoms with Crippen molar-refractivity contribution in [2.24, 2.45) is 11.8 Å². The number of benzene rings is 2. The predicted octanol–water partition coefficient (Wildman–Crippen LogP) is 4.20. The van der Waals surface area contributed by atoms with Crippen LogP contribution in [0.3, 0.4) is 0 Å². The molecule has 156 valence electrons. The number of nitrogens with zero attached hydrogens (tertiary/aromatic N) is 1. The van der Waals surface area contributed by atoms with Gasteiger partial charge in [-0.3, -0.25) is 4.79 Å². The lowest BCUT2D eigenvalue weighted by atomic mass is 10.1. The predicted molar refractivity (Wildman–Crippen MR) is 114 cm³/mol. The van der Waals surface area contributed by atoms with Crippen LogP contribution in [0.15, 0.2) is 54.6 Å². The van der Waals surface area contributed by atoms with Crippen LogP contribution in [0.2, 0.25) is 0 Å². The van der Waals surface area contributed by atoms with Gasteiger partial charge in [-0.05, 0) is 48.4 Å². The number of hydrogen-bond acceptors (Lipinski definition) is 4. The highest BCUT2D eigenvalue weighted by Gasteiger charge is 2.45. The topological polar surface area (TPSA) is 63.7 Å². The van der Waals surface area contributed by atoms with Gasteiger partial charge in [-0.1, -0.05) is 56.3 Å². The Hall–Kier alpha value is -2.34. The van der Waals surface area contributed by atoms with E-state index in [1.165, 1.54) is 5.56 Å². The highest BCUT2D eigenvalue weighted by atomic mass is 32.2. The average Bonchev–Trinajstić information content (AvgIpc) is 3.49. The molecule has 2 aromatic rings. The van der Waals surface area contributed by atoms with E-state index in [0.717, 1.165) is 12.0 Å². The zero-order valence-electron chi connectivity index (χ0n) is 17.2. The molecule has 0 heterocycles. The van der Waals surface area contributed by atoms with Gasteiger partial charge >= 0.3 is 10.1 Å². The molecule has 0 N–H and O–H groups in total. The van der Waals surface area contributed by atoms with Gasteiger partial charge in [0.15, 0.2) is 0 Å². The standard InChI is InChI=1S/C23H29NO4S/c1-4-29(26,27)28-20-12-10-18(11-13-20)16-24(15-17(2)3)23(25)22-14-21(22)19-8-6-5-7-9-19/h5-13,17,21-22H,4,14-16H2,1-3H3/t21-,22-/m0/s1. The van der Waals surface area contributed by atoms with E-state index in [4.69, 9.17) is 4.18 Å². The minimum atomic E-state index is -3.54. The molecule has 2 atom stereocenters. The van der Waals surface area contributed by atoms with Crippen LogP contribution in [0.5, 0.6) is 5.75 Å². The lowest BCUT2D eigenvalue weighted by molar-refractivity contribution is -0.133. The minimum Gasteiger partial charge on any atom is -0.382 e. The first-order chi connectivity index (χ1) is 13.8. The molecule has 1 aliphatic rings. The molecule has 2 aromatic carbocycles. The molecule has 6 heteroatoms. The maximum atomic E-state index is 13.1. The summed E-state index contributed by atoms with van der Waals surface area (Å²) in [6.07, 6.45) is 0.902. The third kappa shape index (κ3) is 5.82. The second kappa shape index (κ2) is 8.99. The first-order valence-corrected chi connectivity index (χ1v) is 11.7. The molecule has 0 aliphatic heterocycles. The molecule has 1 aliphatic carbocycles. The Kier molecular flexibility index (Phi) is 6.63. The summed E-state index contributed by atoms with van der Waals surface area (Å²) in [5.41, 5.74) is 2.19. The van der Waals surface area contributed by atoms with E-state index < -0.39 is 10.1 Å². The van der Waals surface area contributed by atoms with E-state index in [1.54, 1.807) is 19.1 Å². The average molecular weight is 416 g/mol. The Labute approximate surface area is 173 Å². The first kappa shape index (κ1) is 21.4. The van der Waals surface area contributed by atoms with E-state index in [2.05, 4.69) is 26.0 Å². The number of rotatable bonds is 9. The van der Waals surface area contributed by atoms with Crippen LogP contribution >= 0.6 is 0 Å². The quantitative estimate of drug-likeness (QED) is 0.576. The largest absolute Gasteiger partial charge is 0.382 e. The normalized spacial score (nSPS) is 18.5. The maximum absolute atomic E-state index is 13.1. The van der Waals surface area contributed by atoms with Gasteiger partial charge in [0.2, 0.25) is 5.91 Å². The third-order valence-electron chi connectivity index (χ3n) is 5.11. The summed E-state index contributed by atoms with van der Waals surface area (Å²) in [6.45, 7) is 6.96. The van der Waals surface area contributed by atoms with Crippen molar-refractivity contribution in [1.29, 1.82) is 0 Å². The van der Waals surface area contributed by atoms with Crippen LogP contribution < -0.4 is 4.18 Å². The molecular weight excluding hydrogens is 386 g/mol. The molecule has 0 radical (unpaired) electrons. The van der Waals surface area contributed by atoms with Crippen LogP contribution in [-0.4, -0.2) is 31.5 Å². The Balaban J connectivity index is 1.67. The molecule has 1 saturated carbocycles. The molecule has 1 fully saturated rings. The van der Waals surface area contributed by atoms with Crippen LogP contribution in [0, 0.1) is 11.8 Å². The summed E-state index contributed by atoms with van der Waals surface area (Å²) in [5, 5.41) is 0. The molecule has 3 rings (SSSR count). The van der Waals surface area contributed by atoms with Crippen molar-refractivity contribution >= 4 is 16.0 Å². The molecule has 0 unspecified atom stereocenters. The minimum absolute atomic E-state index is 0.0495. The van der Waals surface area contributed by atoms with Crippen molar-refractivity contribution in [3.8, 4) is 5.75 Å². The number of carbonyl (C=O) groups excluding carboxylic acids is 1. The molecule has 5 nitrogen and oxygen atoms in total. The van der Waals surface area contributed by atoms with Crippen LogP contribution in [0.1, 0.15) is 44.2 Å². The highest BCUT2D eigenvalue weighted by molar-refractivity contribution is 7.87. The summed E-state index contributed by atoms with van der Waals surface area (Å²) in [7, 11) is -3.54. The van der Waals surface area contributed by atoms with Gasteiger partial charge in [0.05, 0.1) is 5.75 Å². The number of carbonyl (C=O) groups is 1. The van der Waals surface area contributed by atoms with Gasteiger partial charge < -0.3 is 9.08 Å². The molecule has 0 spiro atoms. The molecule has 0 bridgehead atoms. The fourth-order valence-electron chi connectivity index (χ4n) is 3.52. The smallest absolute Gasteiger partial charge is 0.308 e. The van der Waals surface area contributed by atoms with Crippen LogP contribution in [0.4, 0.5) is 0 Å². The zero-order chi connectivity index (χ0) is 21.0. The second-order valence-corrected chi connectivity index (χ2v) is 9.90. The van der Waals surface area contributed by atoms with Crippen molar-refractivity contribution in [3.63, 3.8) is 0 Å². The lowest BCUT2D eigenvalue weighted by Gasteiger charge is -2.25. The van der Waals surface area contributed by atoms with Crippen molar-refractivity contribution < 1.29 is 17.4 Å². The summed E-state index contributed by atoms with van der Waals surface area (Å²) in [4.78, 5) is 15.1. The summed E-state index contributed by atoms with van der Waals surface area (Å²) in [5.74, 6) is 1.15. The van der Waals surface area contributed by atoms with Gasteiger partial charge in [0, 0.05) is 19.0 Å². The van der Waals surface area contributed by atoms with Gasteiger partial charge in [-0.15, -0.1) is 0 Å². The van der Waals surface area contributed by atoms with E-state index in [1.807, 2.05) is 35.2 Å². The van der Waals surface area contributed by atoms with Crippen LogP contribution in [0.25, 0.3) is 0 Å². The van der Waals surface area contributed by atoms with Gasteiger partial charge in [-0.2, -0.15) is 8.42 Å². The summed E-state index contributed by atoms with van der Waals surface area (Å²) in [6, 6.07) is 17.1. The van der Waals surface area contributed by atoms with E-state index in [9.17, 15) is 13.2 Å². The summed E-state index contributed by atoms with van der Waals surface area (Å²) >= 11 is 0. The highest BCUT2D eigenvalue weighted by Crippen LogP contribution is 2.48. The number of hydrogen-bond donors (Lipinski definition) is 0. The van der Waals surface area contributed by atoms with Crippen molar-refractivity contribution in [2.75, 3.05) is 12.3 Å². The van der Waals surface area contributed by atoms with E-state index in [-0.39, 0.29) is 17.6 Å². The Morgan fingerprint density at radius 3 is 2.34 bits per heavy atom. The SMILES string of the molecule is CCS(=O)(=O)Oc1ccc(CN(CC(C)C)C(=O)[C@H]2C[C@H]2c2ccccc2)cc1.